The van der Waals surface area contributed by atoms with Crippen LogP contribution in [-0.4, -0.2) is 42.2 Å². The number of nitrogens with one attached hydrogen (secondary N) is 1. The van der Waals surface area contributed by atoms with Gasteiger partial charge in [0.1, 0.15) is 24.0 Å². The molecule has 1 unspecified atom stereocenters. The largest absolute Gasteiger partial charge is 0.490 e. The number of rotatable bonds is 1. The summed E-state index contributed by atoms with van der Waals surface area (Å²) in [7, 11) is 0. The summed E-state index contributed by atoms with van der Waals surface area (Å²) in [6.45, 7) is 3.61. The molecule has 2 aliphatic rings. The van der Waals surface area contributed by atoms with Crippen LogP contribution in [-0.2, 0) is 6.54 Å². The van der Waals surface area contributed by atoms with E-state index in [1.165, 1.54) is 18.2 Å². The van der Waals surface area contributed by atoms with Crippen molar-refractivity contribution < 1.29 is 13.5 Å². The Morgan fingerprint density at radius 1 is 1.32 bits per heavy atom. The molecule has 146 valence electrons. The number of hydrogen-bond donors (Lipinski definition) is 2. The van der Waals surface area contributed by atoms with Crippen LogP contribution in [0.5, 0.6) is 5.75 Å². The van der Waals surface area contributed by atoms with Crippen molar-refractivity contribution in [3.8, 4) is 16.9 Å². The third-order valence-electron chi connectivity index (χ3n) is 5.30. The summed E-state index contributed by atoms with van der Waals surface area (Å²) >= 11 is 7.66. The maximum absolute atomic E-state index is 15.2. The van der Waals surface area contributed by atoms with Crippen molar-refractivity contribution in [2.75, 3.05) is 32.0 Å². The number of benzene rings is 2. The average Bonchev–Trinajstić information content (AvgIpc) is 2.96. The first-order valence-corrected chi connectivity index (χ1v) is 10.2. The topological polar surface area (TPSA) is 63.4 Å². The van der Waals surface area contributed by atoms with Gasteiger partial charge in [0.05, 0.1) is 21.3 Å². The van der Waals surface area contributed by atoms with Crippen molar-refractivity contribution in [1.29, 1.82) is 0 Å². The first-order chi connectivity index (χ1) is 13.5. The zero-order valence-corrected chi connectivity index (χ0v) is 16.3. The minimum Gasteiger partial charge on any atom is -0.490 e. The quantitative estimate of drug-likeness (QED) is 0.627. The second-order valence-electron chi connectivity index (χ2n) is 7.00. The van der Waals surface area contributed by atoms with Crippen LogP contribution in [0.25, 0.3) is 21.3 Å². The zero-order valence-electron chi connectivity index (χ0n) is 14.8. The van der Waals surface area contributed by atoms with Crippen molar-refractivity contribution >= 4 is 38.3 Å². The van der Waals surface area contributed by atoms with Gasteiger partial charge in [-0.15, -0.1) is 0 Å². The minimum absolute atomic E-state index is 0.161. The van der Waals surface area contributed by atoms with Gasteiger partial charge >= 0.3 is 0 Å². The van der Waals surface area contributed by atoms with E-state index in [1.807, 2.05) is 0 Å². The Morgan fingerprint density at radius 2 is 2.18 bits per heavy atom. The van der Waals surface area contributed by atoms with E-state index in [0.29, 0.717) is 35.5 Å². The highest BCUT2D eigenvalue weighted by molar-refractivity contribution is 7.22. The van der Waals surface area contributed by atoms with Gasteiger partial charge in [-0.3, -0.25) is 4.90 Å². The number of nitrogens with zero attached hydrogens (tertiary/aromatic N) is 2. The number of fused-ring (bicyclic) bond motifs is 3. The summed E-state index contributed by atoms with van der Waals surface area (Å²) in [6.07, 6.45) is 0. The summed E-state index contributed by atoms with van der Waals surface area (Å²) in [5.41, 5.74) is 7.34. The molecule has 9 heteroatoms. The van der Waals surface area contributed by atoms with Crippen molar-refractivity contribution in [2.45, 2.75) is 12.6 Å². The molecule has 5 rings (SSSR count). The lowest BCUT2D eigenvalue weighted by atomic mass is 10.0. The van der Waals surface area contributed by atoms with Gasteiger partial charge in [-0.05, 0) is 18.2 Å². The smallest absolute Gasteiger partial charge is 0.181 e. The fraction of sp³-hybridized carbons (Fsp3) is 0.316. The molecule has 1 atom stereocenters. The second kappa shape index (κ2) is 6.81. The van der Waals surface area contributed by atoms with Gasteiger partial charge in [0, 0.05) is 42.9 Å². The molecule has 3 heterocycles. The molecule has 3 aromatic rings. The average molecular weight is 423 g/mol. The number of aromatic nitrogens is 1. The highest BCUT2D eigenvalue weighted by Gasteiger charge is 2.30. The molecule has 0 aliphatic carbocycles. The highest BCUT2D eigenvalue weighted by Crippen LogP contribution is 2.44. The Hall–Kier alpha value is -2.00. The van der Waals surface area contributed by atoms with Crippen LogP contribution in [0, 0.1) is 11.6 Å². The van der Waals surface area contributed by atoms with Gasteiger partial charge in [-0.2, -0.15) is 0 Å². The number of nitrogens with two attached hydrogens (primary N) is 1. The summed E-state index contributed by atoms with van der Waals surface area (Å²) in [4.78, 5) is 6.47. The number of ether oxygens (including phenoxy) is 1. The Labute approximate surface area is 169 Å². The lowest BCUT2D eigenvalue weighted by Gasteiger charge is -2.33. The third kappa shape index (κ3) is 2.83. The van der Waals surface area contributed by atoms with Crippen LogP contribution >= 0.6 is 22.9 Å². The van der Waals surface area contributed by atoms with Gasteiger partial charge in [-0.1, -0.05) is 22.9 Å². The summed E-state index contributed by atoms with van der Waals surface area (Å²) < 4.78 is 35.6. The molecule has 3 N–H and O–H groups in total. The number of nitrogen functional groups attached to an aromatic ring is 1. The van der Waals surface area contributed by atoms with Crippen LogP contribution in [0.15, 0.2) is 18.2 Å². The van der Waals surface area contributed by atoms with Gasteiger partial charge in [0.2, 0.25) is 0 Å². The van der Waals surface area contributed by atoms with Gasteiger partial charge < -0.3 is 15.8 Å². The fourth-order valence-electron chi connectivity index (χ4n) is 3.94. The molecule has 5 nitrogen and oxygen atoms in total. The van der Waals surface area contributed by atoms with Crippen molar-refractivity contribution in [3.63, 3.8) is 0 Å². The number of anilines is 1. The number of halogens is 3. The van der Waals surface area contributed by atoms with Crippen LogP contribution in [0.3, 0.4) is 0 Å². The molecule has 1 saturated heterocycles. The molecule has 0 bridgehead atoms. The molecule has 0 saturated carbocycles. The Kier molecular flexibility index (Phi) is 4.39. The van der Waals surface area contributed by atoms with E-state index < -0.39 is 11.6 Å². The molecule has 0 radical (unpaired) electrons. The predicted molar refractivity (Wildman–Crippen MR) is 107 cm³/mol. The Bertz CT molecular complexity index is 1090. The zero-order chi connectivity index (χ0) is 19.4. The number of piperazine rings is 1. The molecular weight excluding hydrogens is 406 g/mol. The van der Waals surface area contributed by atoms with Crippen LogP contribution in [0.2, 0.25) is 5.02 Å². The van der Waals surface area contributed by atoms with E-state index in [1.54, 1.807) is 0 Å². The Balaban J connectivity index is 1.67. The predicted octanol–water partition coefficient (Wildman–Crippen LogP) is 3.64. The molecule has 2 aliphatic heterocycles. The second-order valence-corrected chi connectivity index (χ2v) is 8.41. The summed E-state index contributed by atoms with van der Waals surface area (Å²) in [6, 6.07) is 4.44. The monoisotopic (exact) mass is 422 g/mol. The van der Waals surface area contributed by atoms with Crippen LogP contribution < -0.4 is 15.8 Å². The van der Waals surface area contributed by atoms with E-state index in [9.17, 15) is 4.39 Å². The van der Waals surface area contributed by atoms with Crippen molar-refractivity contribution in [1.82, 2.24) is 15.2 Å². The van der Waals surface area contributed by atoms with Gasteiger partial charge in [0.15, 0.2) is 5.13 Å². The molecule has 1 fully saturated rings. The van der Waals surface area contributed by atoms with Crippen LogP contribution in [0.1, 0.15) is 5.56 Å². The van der Waals surface area contributed by atoms with E-state index >= 15 is 4.39 Å². The lowest BCUT2D eigenvalue weighted by molar-refractivity contribution is 0.120. The maximum Gasteiger partial charge on any atom is 0.181 e. The van der Waals surface area contributed by atoms with E-state index in [0.717, 1.165) is 31.0 Å². The minimum atomic E-state index is -0.486. The first-order valence-electron chi connectivity index (χ1n) is 8.96. The molecule has 0 amide bonds. The third-order valence-corrected chi connectivity index (χ3v) is 6.55. The van der Waals surface area contributed by atoms with E-state index in [-0.39, 0.29) is 26.5 Å². The molecule has 2 aromatic carbocycles. The van der Waals surface area contributed by atoms with Gasteiger partial charge in [0.25, 0.3) is 0 Å². The SMILES string of the molecule is Nc1nc2c(-c3c(F)cc4c(c3Cl)OCC3CNCCN3C4)ccc(F)c2s1. The standard InChI is InChI=1S/C19H17ClF2N4OS/c20-15-14(11-1-2-12(21)18-16(11)25-19(23)28-18)13(22)5-9-7-26-4-3-24-6-10(26)8-27-17(9)15/h1-2,5,10,24H,3-4,6-8H2,(H2,23,25). The lowest BCUT2D eigenvalue weighted by Crippen LogP contribution is -2.52. The van der Waals surface area contributed by atoms with E-state index in [2.05, 4.69) is 15.2 Å². The molecule has 28 heavy (non-hydrogen) atoms. The van der Waals surface area contributed by atoms with Gasteiger partial charge in [-0.25, -0.2) is 13.8 Å². The number of hydrogen-bond acceptors (Lipinski definition) is 6. The number of thiazole rings is 1. The normalized spacial score (nSPS) is 19.8. The molecule has 0 spiro atoms. The summed E-state index contributed by atoms with van der Waals surface area (Å²) in [5, 5.41) is 3.74. The summed E-state index contributed by atoms with van der Waals surface area (Å²) in [5.74, 6) is -0.451. The first kappa shape index (κ1) is 18.1. The fourth-order valence-corrected chi connectivity index (χ4v) is 5.07. The maximum atomic E-state index is 15.2. The van der Waals surface area contributed by atoms with Crippen LogP contribution in [0.4, 0.5) is 13.9 Å². The van der Waals surface area contributed by atoms with Crippen molar-refractivity contribution in [3.05, 3.63) is 40.4 Å². The highest BCUT2D eigenvalue weighted by atomic mass is 35.5. The van der Waals surface area contributed by atoms with E-state index in [4.69, 9.17) is 22.1 Å². The molecular formula is C19H17ClF2N4OS. The Morgan fingerprint density at radius 3 is 3.04 bits per heavy atom. The molecule has 1 aromatic heterocycles. The van der Waals surface area contributed by atoms with Crippen molar-refractivity contribution in [2.24, 2.45) is 0 Å².